The zero-order chi connectivity index (χ0) is 20.6. The van der Waals surface area contributed by atoms with Gasteiger partial charge in [0.1, 0.15) is 5.82 Å². The van der Waals surface area contributed by atoms with Gasteiger partial charge in [0, 0.05) is 23.4 Å². The van der Waals surface area contributed by atoms with Gasteiger partial charge in [0.25, 0.3) is 5.56 Å². The molecule has 2 aromatic carbocycles. The molecule has 3 rings (SSSR count). The molecule has 0 radical (unpaired) electrons. The summed E-state index contributed by atoms with van der Waals surface area (Å²) in [5, 5.41) is 3.89. The van der Waals surface area contributed by atoms with E-state index < -0.39 is 0 Å². The summed E-state index contributed by atoms with van der Waals surface area (Å²) in [6.07, 6.45) is 0.605. The van der Waals surface area contributed by atoms with Crippen LogP contribution in [0.15, 0.2) is 64.5 Å². The first-order valence-corrected chi connectivity index (χ1v) is 10.3. The summed E-state index contributed by atoms with van der Waals surface area (Å²) < 4.78 is 12.9. The molecule has 1 aromatic heterocycles. The van der Waals surface area contributed by atoms with Gasteiger partial charge in [-0.2, -0.15) is 0 Å². The molecule has 0 aliphatic carbocycles. The number of nitrogens with one attached hydrogen (secondary N) is 2. The minimum absolute atomic E-state index is 0.0120. The van der Waals surface area contributed by atoms with Crippen molar-refractivity contribution in [2.75, 3.05) is 6.54 Å². The third-order valence-electron chi connectivity index (χ3n) is 4.03. The number of hydrogen-bond donors (Lipinski definition) is 2. The van der Waals surface area contributed by atoms with Crippen molar-refractivity contribution in [3.63, 3.8) is 0 Å². The fourth-order valence-corrected chi connectivity index (χ4v) is 3.70. The van der Waals surface area contributed by atoms with E-state index in [0.29, 0.717) is 34.6 Å². The third-order valence-corrected chi connectivity index (χ3v) is 5.21. The van der Waals surface area contributed by atoms with Gasteiger partial charge in [0.15, 0.2) is 5.16 Å². The van der Waals surface area contributed by atoms with E-state index in [-0.39, 0.29) is 23.7 Å². The molecule has 150 valence electrons. The van der Waals surface area contributed by atoms with Crippen LogP contribution in [-0.2, 0) is 23.4 Å². The molecule has 8 heteroatoms. The molecule has 29 heavy (non-hydrogen) atoms. The number of halogens is 2. The molecule has 3 aromatic rings. The minimum Gasteiger partial charge on any atom is -0.355 e. The lowest BCUT2D eigenvalue weighted by Gasteiger charge is -2.07. The molecule has 0 bridgehead atoms. The topological polar surface area (TPSA) is 74.8 Å². The fourth-order valence-electron chi connectivity index (χ4n) is 2.65. The lowest BCUT2D eigenvalue weighted by molar-refractivity contribution is -0.120. The second-order valence-corrected chi connectivity index (χ2v) is 7.76. The molecule has 0 aliphatic rings. The average Bonchev–Trinajstić information content (AvgIpc) is 2.68. The summed E-state index contributed by atoms with van der Waals surface area (Å²) in [4.78, 5) is 31.1. The van der Waals surface area contributed by atoms with Gasteiger partial charge in [-0.3, -0.25) is 9.59 Å². The fraction of sp³-hybridized carbons (Fsp3) is 0.190. The van der Waals surface area contributed by atoms with E-state index in [1.807, 2.05) is 18.2 Å². The van der Waals surface area contributed by atoms with Gasteiger partial charge in [0.2, 0.25) is 5.91 Å². The van der Waals surface area contributed by atoms with E-state index in [0.717, 1.165) is 11.1 Å². The molecule has 0 atom stereocenters. The van der Waals surface area contributed by atoms with Crippen LogP contribution in [0.5, 0.6) is 0 Å². The van der Waals surface area contributed by atoms with Crippen LogP contribution in [0, 0.1) is 5.82 Å². The lowest BCUT2D eigenvalue weighted by atomic mass is 10.1. The van der Waals surface area contributed by atoms with Gasteiger partial charge in [-0.1, -0.05) is 47.6 Å². The highest BCUT2D eigenvalue weighted by atomic mass is 35.5. The zero-order valence-corrected chi connectivity index (χ0v) is 17.0. The maximum absolute atomic E-state index is 12.9. The van der Waals surface area contributed by atoms with Crippen LogP contribution in [0.2, 0.25) is 5.02 Å². The number of aromatic nitrogens is 2. The summed E-state index contributed by atoms with van der Waals surface area (Å²) in [7, 11) is 0. The number of hydrogen-bond acceptors (Lipinski definition) is 4. The monoisotopic (exact) mass is 431 g/mol. The first-order chi connectivity index (χ1) is 14.0. The van der Waals surface area contributed by atoms with Crippen molar-refractivity contribution in [1.29, 1.82) is 0 Å². The summed E-state index contributed by atoms with van der Waals surface area (Å²) in [6.45, 7) is 0.421. The highest BCUT2D eigenvalue weighted by Crippen LogP contribution is 2.20. The number of H-pyrrole nitrogens is 1. The van der Waals surface area contributed by atoms with Crippen molar-refractivity contribution in [1.82, 2.24) is 15.3 Å². The Labute approximate surface area is 176 Å². The van der Waals surface area contributed by atoms with Crippen LogP contribution in [0.4, 0.5) is 4.39 Å². The predicted molar refractivity (Wildman–Crippen MR) is 113 cm³/mol. The van der Waals surface area contributed by atoms with Crippen molar-refractivity contribution in [3.8, 4) is 0 Å². The Morgan fingerprint density at radius 2 is 1.93 bits per heavy atom. The third kappa shape index (κ3) is 7.03. The standard InChI is InChI=1S/C21H19ClFN3O2S/c22-16-3-1-2-15(10-16)13-29-21-25-18(12-20(28)26-21)11-19(27)24-9-8-14-4-6-17(23)7-5-14/h1-7,10,12H,8-9,11,13H2,(H,24,27)(H,25,26,28). The average molecular weight is 432 g/mol. The molecule has 1 amide bonds. The van der Waals surface area contributed by atoms with Crippen LogP contribution in [0.3, 0.4) is 0 Å². The molecule has 0 saturated heterocycles. The maximum Gasteiger partial charge on any atom is 0.251 e. The van der Waals surface area contributed by atoms with Gasteiger partial charge in [0.05, 0.1) is 12.1 Å². The van der Waals surface area contributed by atoms with Crippen molar-refractivity contribution >= 4 is 29.3 Å². The number of amides is 1. The van der Waals surface area contributed by atoms with Gasteiger partial charge in [-0.15, -0.1) is 0 Å². The zero-order valence-electron chi connectivity index (χ0n) is 15.5. The van der Waals surface area contributed by atoms with Crippen molar-refractivity contribution in [3.05, 3.63) is 92.6 Å². The first kappa shape index (κ1) is 21.1. The molecule has 0 aliphatic heterocycles. The summed E-state index contributed by atoms with van der Waals surface area (Å²) in [5.41, 5.74) is 2.04. The number of carbonyl (C=O) groups is 1. The van der Waals surface area contributed by atoms with Crippen LogP contribution in [0.25, 0.3) is 0 Å². The van der Waals surface area contributed by atoms with Gasteiger partial charge in [-0.25, -0.2) is 9.37 Å². The lowest BCUT2D eigenvalue weighted by Crippen LogP contribution is -2.28. The minimum atomic E-state index is -0.303. The Kier molecular flexibility index (Phi) is 7.43. The molecule has 5 nitrogen and oxygen atoms in total. The van der Waals surface area contributed by atoms with E-state index >= 15 is 0 Å². The summed E-state index contributed by atoms with van der Waals surface area (Å²) in [6, 6.07) is 14.9. The highest BCUT2D eigenvalue weighted by molar-refractivity contribution is 7.98. The Bertz CT molecular complexity index is 1040. The maximum atomic E-state index is 12.9. The van der Waals surface area contributed by atoms with E-state index in [9.17, 15) is 14.0 Å². The van der Waals surface area contributed by atoms with Crippen LogP contribution in [0.1, 0.15) is 16.8 Å². The van der Waals surface area contributed by atoms with Crippen LogP contribution < -0.4 is 10.9 Å². The number of nitrogens with zero attached hydrogens (tertiary/aromatic N) is 1. The van der Waals surface area contributed by atoms with Gasteiger partial charge < -0.3 is 10.3 Å². The summed E-state index contributed by atoms with van der Waals surface area (Å²) >= 11 is 7.34. The molecule has 0 fully saturated rings. The Hall–Kier alpha value is -2.64. The molecule has 0 unspecified atom stereocenters. The van der Waals surface area contributed by atoms with Crippen LogP contribution >= 0.6 is 23.4 Å². The van der Waals surface area contributed by atoms with E-state index in [1.165, 1.54) is 30.0 Å². The van der Waals surface area contributed by atoms with E-state index in [2.05, 4.69) is 15.3 Å². The molecule has 0 spiro atoms. The number of benzene rings is 2. The van der Waals surface area contributed by atoms with Crippen molar-refractivity contribution in [2.24, 2.45) is 0 Å². The normalized spacial score (nSPS) is 10.7. The second kappa shape index (κ2) is 10.2. The molecule has 2 N–H and O–H groups in total. The van der Waals surface area contributed by atoms with E-state index in [1.54, 1.807) is 18.2 Å². The predicted octanol–water partition coefficient (Wildman–Crippen LogP) is 3.76. The Balaban J connectivity index is 1.52. The van der Waals surface area contributed by atoms with Crippen molar-refractivity contribution in [2.45, 2.75) is 23.8 Å². The first-order valence-electron chi connectivity index (χ1n) is 8.96. The molecular weight excluding hydrogens is 413 g/mol. The van der Waals surface area contributed by atoms with Gasteiger partial charge in [-0.05, 0) is 41.8 Å². The SMILES string of the molecule is O=C(Cc1cc(=O)[nH]c(SCc2cccc(Cl)c2)n1)NCCc1ccc(F)cc1. The number of thioether (sulfide) groups is 1. The number of aromatic amines is 1. The Morgan fingerprint density at radius 3 is 2.69 bits per heavy atom. The molecule has 1 heterocycles. The molecule has 0 saturated carbocycles. The Morgan fingerprint density at radius 1 is 1.14 bits per heavy atom. The molecular formula is C21H19ClFN3O2S. The van der Waals surface area contributed by atoms with Crippen molar-refractivity contribution < 1.29 is 9.18 Å². The number of rotatable bonds is 8. The second-order valence-electron chi connectivity index (χ2n) is 6.36. The quantitative estimate of drug-likeness (QED) is 0.420. The number of carbonyl (C=O) groups excluding carboxylic acids is 1. The largest absolute Gasteiger partial charge is 0.355 e. The van der Waals surface area contributed by atoms with Crippen LogP contribution in [-0.4, -0.2) is 22.4 Å². The van der Waals surface area contributed by atoms with E-state index in [4.69, 9.17) is 11.6 Å². The van der Waals surface area contributed by atoms with Gasteiger partial charge >= 0.3 is 0 Å². The highest BCUT2D eigenvalue weighted by Gasteiger charge is 2.08. The smallest absolute Gasteiger partial charge is 0.251 e. The summed E-state index contributed by atoms with van der Waals surface area (Å²) in [5.74, 6) is 0.0785.